The van der Waals surface area contributed by atoms with Gasteiger partial charge in [-0.15, -0.1) is 0 Å². The van der Waals surface area contributed by atoms with Crippen molar-refractivity contribution < 1.29 is 13.2 Å². The molecule has 0 radical (unpaired) electrons. The number of amides is 1. The minimum Gasteiger partial charge on any atom is -0.355 e. The second-order valence-electron chi connectivity index (χ2n) is 6.54. The standard InChI is InChI=1S/C16H25NO3S/c1-12(2)15(18)17-10-11-21(19,20)14-8-6-13(7-9-14)16(3,4)5/h6-9,12H,10-11H2,1-5H3,(H,17,18). The maximum absolute atomic E-state index is 12.2. The summed E-state index contributed by atoms with van der Waals surface area (Å²) in [6.07, 6.45) is 0. The van der Waals surface area contributed by atoms with E-state index in [1.54, 1.807) is 26.0 Å². The Labute approximate surface area is 127 Å². The predicted molar refractivity (Wildman–Crippen MR) is 85.0 cm³/mol. The summed E-state index contributed by atoms with van der Waals surface area (Å²) >= 11 is 0. The van der Waals surface area contributed by atoms with E-state index in [4.69, 9.17) is 0 Å². The minimum absolute atomic E-state index is 0.00642. The van der Waals surface area contributed by atoms with Gasteiger partial charge in [-0.2, -0.15) is 0 Å². The molecule has 0 saturated heterocycles. The van der Waals surface area contributed by atoms with Crippen molar-refractivity contribution in [1.82, 2.24) is 5.32 Å². The van der Waals surface area contributed by atoms with Crippen LogP contribution in [0, 0.1) is 5.92 Å². The predicted octanol–water partition coefficient (Wildman–Crippen LogP) is 2.53. The molecule has 0 atom stereocenters. The van der Waals surface area contributed by atoms with Crippen molar-refractivity contribution in [2.24, 2.45) is 5.92 Å². The fraction of sp³-hybridized carbons (Fsp3) is 0.562. The third kappa shape index (κ3) is 5.16. The van der Waals surface area contributed by atoms with Crippen LogP contribution in [0.3, 0.4) is 0 Å². The maximum Gasteiger partial charge on any atom is 0.222 e. The van der Waals surface area contributed by atoms with E-state index < -0.39 is 9.84 Å². The van der Waals surface area contributed by atoms with Gasteiger partial charge in [0.2, 0.25) is 5.91 Å². The lowest BCUT2D eigenvalue weighted by molar-refractivity contribution is -0.123. The number of benzene rings is 1. The number of carbonyl (C=O) groups is 1. The van der Waals surface area contributed by atoms with Gasteiger partial charge in [-0.3, -0.25) is 4.79 Å². The second-order valence-corrected chi connectivity index (χ2v) is 8.65. The van der Waals surface area contributed by atoms with Gasteiger partial charge < -0.3 is 5.32 Å². The molecule has 0 aliphatic rings. The highest BCUT2D eigenvalue weighted by Gasteiger charge is 2.18. The SMILES string of the molecule is CC(C)C(=O)NCCS(=O)(=O)c1ccc(C(C)(C)C)cc1. The Morgan fingerprint density at radius 1 is 1.14 bits per heavy atom. The molecular weight excluding hydrogens is 286 g/mol. The molecule has 0 heterocycles. The number of hydrogen-bond acceptors (Lipinski definition) is 3. The van der Waals surface area contributed by atoms with E-state index >= 15 is 0 Å². The van der Waals surface area contributed by atoms with Crippen molar-refractivity contribution in [2.45, 2.75) is 44.9 Å². The second kappa shape index (κ2) is 6.60. The molecule has 0 fully saturated rings. The first-order valence-corrected chi connectivity index (χ1v) is 8.80. The first kappa shape index (κ1) is 17.7. The van der Waals surface area contributed by atoms with Crippen molar-refractivity contribution in [1.29, 1.82) is 0 Å². The van der Waals surface area contributed by atoms with Gasteiger partial charge in [-0.25, -0.2) is 8.42 Å². The van der Waals surface area contributed by atoms with Crippen LogP contribution >= 0.6 is 0 Å². The van der Waals surface area contributed by atoms with Crippen LogP contribution in [0.2, 0.25) is 0 Å². The number of nitrogens with one attached hydrogen (secondary N) is 1. The smallest absolute Gasteiger partial charge is 0.222 e. The number of rotatable bonds is 5. The van der Waals surface area contributed by atoms with E-state index in [0.29, 0.717) is 4.90 Å². The summed E-state index contributed by atoms with van der Waals surface area (Å²) in [6, 6.07) is 6.97. The lowest BCUT2D eigenvalue weighted by atomic mass is 9.87. The zero-order valence-electron chi connectivity index (χ0n) is 13.4. The van der Waals surface area contributed by atoms with Gasteiger partial charge in [0.1, 0.15) is 0 Å². The lowest BCUT2D eigenvalue weighted by Crippen LogP contribution is -2.32. The first-order valence-electron chi connectivity index (χ1n) is 7.15. The first-order chi connectivity index (χ1) is 9.54. The number of sulfone groups is 1. The Kier molecular flexibility index (Phi) is 5.56. The molecule has 0 bridgehead atoms. The van der Waals surface area contributed by atoms with Crippen molar-refractivity contribution >= 4 is 15.7 Å². The highest BCUT2D eigenvalue weighted by Crippen LogP contribution is 2.23. The zero-order chi connectivity index (χ0) is 16.3. The van der Waals surface area contributed by atoms with Crippen LogP contribution in [0.15, 0.2) is 29.2 Å². The summed E-state index contributed by atoms with van der Waals surface area (Å²) < 4.78 is 24.4. The van der Waals surface area contributed by atoms with Gasteiger partial charge in [-0.1, -0.05) is 46.8 Å². The fourth-order valence-electron chi connectivity index (χ4n) is 1.79. The van der Waals surface area contributed by atoms with Gasteiger partial charge in [-0.05, 0) is 23.1 Å². The van der Waals surface area contributed by atoms with Gasteiger partial charge in [0.25, 0.3) is 0 Å². The molecule has 1 N–H and O–H groups in total. The van der Waals surface area contributed by atoms with Crippen LogP contribution in [0.25, 0.3) is 0 Å². The molecule has 118 valence electrons. The molecule has 0 unspecified atom stereocenters. The topological polar surface area (TPSA) is 63.2 Å². The normalized spacial score (nSPS) is 12.5. The molecule has 4 nitrogen and oxygen atoms in total. The Morgan fingerprint density at radius 2 is 1.67 bits per heavy atom. The average molecular weight is 311 g/mol. The molecule has 1 rings (SSSR count). The molecule has 1 amide bonds. The summed E-state index contributed by atoms with van der Waals surface area (Å²) in [5.74, 6) is -0.354. The molecule has 1 aromatic carbocycles. The highest BCUT2D eigenvalue weighted by atomic mass is 32.2. The Balaban J connectivity index is 2.73. The number of hydrogen-bond donors (Lipinski definition) is 1. The van der Waals surface area contributed by atoms with Gasteiger partial charge in [0.05, 0.1) is 10.6 Å². The summed E-state index contributed by atoms with van der Waals surface area (Å²) in [7, 11) is -3.36. The quantitative estimate of drug-likeness (QED) is 0.909. The van der Waals surface area contributed by atoms with Crippen LogP contribution in [0.4, 0.5) is 0 Å². The Hall–Kier alpha value is -1.36. The van der Waals surface area contributed by atoms with Crippen LogP contribution in [-0.4, -0.2) is 26.6 Å². The highest BCUT2D eigenvalue weighted by molar-refractivity contribution is 7.91. The van der Waals surface area contributed by atoms with Crippen LogP contribution in [0.5, 0.6) is 0 Å². The molecule has 0 aliphatic heterocycles. The Bertz CT molecular complexity index is 581. The van der Waals surface area contributed by atoms with Crippen molar-refractivity contribution in [3.05, 3.63) is 29.8 Å². The van der Waals surface area contributed by atoms with E-state index in [1.807, 2.05) is 12.1 Å². The molecule has 5 heteroatoms. The fourth-order valence-corrected chi connectivity index (χ4v) is 2.95. The van der Waals surface area contributed by atoms with Crippen LogP contribution in [0.1, 0.15) is 40.2 Å². The average Bonchev–Trinajstić information content (AvgIpc) is 2.37. The van der Waals surface area contributed by atoms with E-state index in [0.717, 1.165) is 5.56 Å². The third-order valence-corrected chi connectivity index (χ3v) is 5.01. The summed E-state index contributed by atoms with van der Waals surface area (Å²) in [5, 5.41) is 2.63. The largest absolute Gasteiger partial charge is 0.355 e. The Morgan fingerprint density at radius 3 is 2.10 bits per heavy atom. The minimum atomic E-state index is -3.36. The molecular formula is C16H25NO3S. The summed E-state index contributed by atoms with van der Waals surface area (Å²) in [6.45, 7) is 9.93. The number of carbonyl (C=O) groups excluding carboxylic acids is 1. The monoisotopic (exact) mass is 311 g/mol. The maximum atomic E-state index is 12.2. The van der Waals surface area contributed by atoms with Gasteiger partial charge in [0, 0.05) is 12.5 Å². The zero-order valence-corrected chi connectivity index (χ0v) is 14.3. The summed E-state index contributed by atoms with van der Waals surface area (Å²) in [4.78, 5) is 11.7. The van der Waals surface area contributed by atoms with E-state index in [2.05, 4.69) is 26.1 Å². The van der Waals surface area contributed by atoms with Crippen molar-refractivity contribution in [3.8, 4) is 0 Å². The van der Waals surface area contributed by atoms with Crippen LogP contribution in [-0.2, 0) is 20.0 Å². The molecule has 21 heavy (non-hydrogen) atoms. The molecule has 0 spiro atoms. The van der Waals surface area contributed by atoms with Crippen LogP contribution < -0.4 is 5.32 Å². The summed E-state index contributed by atoms with van der Waals surface area (Å²) in [5.41, 5.74) is 1.09. The van der Waals surface area contributed by atoms with Crippen molar-refractivity contribution in [2.75, 3.05) is 12.3 Å². The molecule has 0 aliphatic carbocycles. The van der Waals surface area contributed by atoms with E-state index in [9.17, 15) is 13.2 Å². The lowest BCUT2D eigenvalue weighted by Gasteiger charge is -2.19. The molecule has 0 aromatic heterocycles. The molecule has 0 saturated carbocycles. The van der Waals surface area contributed by atoms with E-state index in [-0.39, 0.29) is 29.5 Å². The molecule has 1 aromatic rings. The van der Waals surface area contributed by atoms with Gasteiger partial charge >= 0.3 is 0 Å². The third-order valence-electron chi connectivity index (χ3n) is 3.27. The van der Waals surface area contributed by atoms with E-state index in [1.165, 1.54) is 0 Å². The van der Waals surface area contributed by atoms with Crippen molar-refractivity contribution in [3.63, 3.8) is 0 Å². The van der Waals surface area contributed by atoms with Gasteiger partial charge in [0.15, 0.2) is 9.84 Å².